The lowest BCUT2D eigenvalue weighted by molar-refractivity contribution is -0.385. The molecule has 2 aromatic rings. The van der Waals surface area contributed by atoms with Crippen LogP contribution in [0.2, 0.25) is 0 Å². The Labute approximate surface area is 184 Å². The molecular formula is C20H24N4O5S2. The number of nitrogens with one attached hydrogen (secondary N) is 1. The Hall–Kier alpha value is -2.50. The molecule has 0 saturated carbocycles. The molecule has 0 radical (unpaired) electrons. The molecule has 0 aliphatic carbocycles. The Morgan fingerprint density at radius 2 is 1.84 bits per heavy atom. The lowest BCUT2D eigenvalue weighted by Gasteiger charge is -2.35. The molecule has 9 nitrogen and oxygen atoms in total. The summed E-state index contributed by atoms with van der Waals surface area (Å²) >= 11 is 1.39. The molecule has 3 heterocycles. The number of carbonyl (C=O) groups is 1. The van der Waals surface area contributed by atoms with Crippen molar-refractivity contribution in [3.05, 3.63) is 50.7 Å². The zero-order valence-electron chi connectivity index (χ0n) is 16.9. The highest BCUT2D eigenvalue weighted by atomic mass is 32.2. The highest BCUT2D eigenvalue weighted by molar-refractivity contribution is 7.89. The number of non-ortho nitro benzene ring substituents is 1. The number of anilines is 1. The molecule has 0 unspecified atom stereocenters. The van der Waals surface area contributed by atoms with E-state index in [2.05, 4.69) is 5.32 Å². The average molecular weight is 465 g/mol. The van der Waals surface area contributed by atoms with Crippen molar-refractivity contribution in [3.63, 3.8) is 0 Å². The summed E-state index contributed by atoms with van der Waals surface area (Å²) in [6, 6.07) is 7.67. The minimum Gasteiger partial charge on any atom is -0.370 e. The molecule has 11 heteroatoms. The second-order valence-corrected chi connectivity index (χ2v) is 10.6. The van der Waals surface area contributed by atoms with Gasteiger partial charge < -0.3 is 10.2 Å². The van der Waals surface area contributed by atoms with Gasteiger partial charge in [-0.15, -0.1) is 11.3 Å². The van der Waals surface area contributed by atoms with Crippen LogP contribution in [0.25, 0.3) is 0 Å². The largest absolute Gasteiger partial charge is 0.370 e. The van der Waals surface area contributed by atoms with Crippen molar-refractivity contribution in [1.82, 2.24) is 9.62 Å². The number of nitro groups is 1. The van der Waals surface area contributed by atoms with Gasteiger partial charge in [0.25, 0.3) is 11.6 Å². The van der Waals surface area contributed by atoms with Gasteiger partial charge in [0.1, 0.15) is 4.90 Å². The van der Waals surface area contributed by atoms with Gasteiger partial charge >= 0.3 is 0 Å². The third kappa shape index (κ3) is 4.58. The molecule has 31 heavy (non-hydrogen) atoms. The first-order valence-electron chi connectivity index (χ1n) is 10.2. The van der Waals surface area contributed by atoms with Gasteiger partial charge in [0.15, 0.2) is 0 Å². The van der Waals surface area contributed by atoms with Crippen LogP contribution in [0.5, 0.6) is 0 Å². The molecule has 1 amide bonds. The van der Waals surface area contributed by atoms with E-state index in [0.29, 0.717) is 49.6 Å². The summed E-state index contributed by atoms with van der Waals surface area (Å²) in [4.78, 5) is 25.6. The second-order valence-electron chi connectivity index (χ2n) is 7.73. The summed E-state index contributed by atoms with van der Waals surface area (Å²) in [6.45, 7) is 1.97. The maximum absolute atomic E-state index is 13.2. The van der Waals surface area contributed by atoms with Gasteiger partial charge in [-0.1, -0.05) is 6.07 Å². The third-order valence-corrected chi connectivity index (χ3v) is 8.55. The maximum atomic E-state index is 13.2. The molecular weight excluding hydrogens is 440 g/mol. The monoisotopic (exact) mass is 464 g/mol. The number of hydrogen-bond donors (Lipinski definition) is 1. The van der Waals surface area contributed by atoms with Crippen molar-refractivity contribution < 1.29 is 18.1 Å². The Morgan fingerprint density at radius 3 is 2.45 bits per heavy atom. The van der Waals surface area contributed by atoms with E-state index in [0.717, 1.165) is 12.8 Å². The molecule has 1 aromatic heterocycles. The maximum Gasteiger partial charge on any atom is 0.270 e. The second kappa shape index (κ2) is 8.93. The fourth-order valence-electron chi connectivity index (χ4n) is 4.08. The van der Waals surface area contributed by atoms with Gasteiger partial charge in [0.2, 0.25) is 10.0 Å². The number of benzene rings is 1. The summed E-state index contributed by atoms with van der Waals surface area (Å²) in [5, 5.41) is 16.2. The number of thiophene rings is 1. The quantitative estimate of drug-likeness (QED) is 0.520. The fraction of sp³-hybridized carbons (Fsp3) is 0.450. The number of sulfonamides is 1. The van der Waals surface area contributed by atoms with Crippen molar-refractivity contribution >= 4 is 38.6 Å². The van der Waals surface area contributed by atoms with Crippen molar-refractivity contribution in [3.8, 4) is 0 Å². The summed E-state index contributed by atoms with van der Waals surface area (Å²) in [7, 11) is -3.82. The molecule has 2 aliphatic rings. The molecule has 166 valence electrons. The predicted molar refractivity (Wildman–Crippen MR) is 118 cm³/mol. The van der Waals surface area contributed by atoms with E-state index >= 15 is 0 Å². The number of hydrogen-bond acceptors (Lipinski definition) is 7. The molecule has 4 rings (SSSR count). The molecule has 0 atom stereocenters. The van der Waals surface area contributed by atoms with Crippen molar-refractivity contribution in [2.24, 2.45) is 0 Å². The minimum atomic E-state index is -3.82. The molecule has 0 spiro atoms. The van der Waals surface area contributed by atoms with E-state index in [4.69, 9.17) is 0 Å². The topological polar surface area (TPSA) is 113 Å². The summed E-state index contributed by atoms with van der Waals surface area (Å²) in [6.07, 6.45) is 2.91. The third-order valence-electron chi connectivity index (χ3n) is 5.75. The number of carbonyl (C=O) groups excluding carboxylic acids is 1. The summed E-state index contributed by atoms with van der Waals surface area (Å²) in [5.41, 5.74) is 0.250. The first-order valence-corrected chi connectivity index (χ1v) is 12.6. The van der Waals surface area contributed by atoms with Crippen LogP contribution in [-0.4, -0.2) is 55.8 Å². The molecule has 1 N–H and O–H groups in total. The Kier molecular flexibility index (Phi) is 6.26. The van der Waals surface area contributed by atoms with Gasteiger partial charge in [-0.05, 0) is 43.2 Å². The van der Waals surface area contributed by atoms with E-state index < -0.39 is 14.9 Å². The fourth-order valence-corrected chi connectivity index (χ4v) is 6.46. The highest BCUT2D eigenvalue weighted by Crippen LogP contribution is 2.34. The van der Waals surface area contributed by atoms with Gasteiger partial charge in [-0.3, -0.25) is 14.9 Å². The van der Waals surface area contributed by atoms with Crippen LogP contribution in [-0.2, 0) is 10.0 Å². The highest BCUT2D eigenvalue weighted by Gasteiger charge is 2.33. The van der Waals surface area contributed by atoms with Gasteiger partial charge in [-0.2, -0.15) is 4.31 Å². The lowest BCUT2D eigenvalue weighted by Crippen LogP contribution is -2.45. The van der Waals surface area contributed by atoms with Crippen molar-refractivity contribution in [2.45, 2.75) is 36.6 Å². The van der Waals surface area contributed by atoms with Gasteiger partial charge in [0.05, 0.1) is 15.5 Å². The molecule has 2 aliphatic heterocycles. The van der Waals surface area contributed by atoms with Crippen LogP contribution in [0.1, 0.15) is 35.4 Å². The SMILES string of the molecule is O=C(NC1CCN(c2ccc([N+](=O)[O-])cc2S(=O)(=O)N2CCCC2)CC1)c1cccs1. The molecule has 2 saturated heterocycles. The predicted octanol–water partition coefficient (Wildman–Crippen LogP) is 2.84. The van der Waals surface area contributed by atoms with Crippen molar-refractivity contribution in [2.75, 3.05) is 31.1 Å². The molecule has 1 aromatic carbocycles. The average Bonchev–Trinajstić information content (AvgIpc) is 3.48. The van der Waals surface area contributed by atoms with Gasteiger partial charge in [-0.25, -0.2) is 8.42 Å². The number of nitro benzene ring substituents is 1. The van der Waals surface area contributed by atoms with E-state index in [1.165, 1.54) is 33.8 Å². The number of amides is 1. The minimum absolute atomic E-state index is 0.00235. The van der Waals surface area contributed by atoms with E-state index in [9.17, 15) is 23.3 Å². The zero-order valence-corrected chi connectivity index (χ0v) is 18.5. The van der Waals surface area contributed by atoms with Crippen LogP contribution >= 0.6 is 11.3 Å². The standard InChI is InChI=1S/C20H24N4O5S2/c25-20(18-4-3-13-30-18)21-15-7-11-22(12-8-15)17-6-5-16(24(26)27)14-19(17)31(28,29)23-9-1-2-10-23/h3-6,13-15H,1-2,7-12H2,(H,21,25). The Morgan fingerprint density at radius 1 is 1.13 bits per heavy atom. The molecule has 0 bridgehead atoms. The molecule has 2 fully saturated rings. The first kappa shape index (κ1) is 21.7. The van der Waals surface area contributed by atoms with E-state index in [1.54, 1.807) is 6.07 Å². The zero-order chi connectivity index (χ0) is 22.0. The van der Waals surface area contributed by atoms with Crippen LogP contribution < -0.4 is 10.2 Å². The van der Waals surface area contributed by atoms with Crippen LogP contribution in [0.3, 0.4) is 0 Å². The number of rotatable bonds is 6. The lowest BCUT2D eigenvalue weighted by atomic mass is 10.0. The Bertz CT molecular complexity index is 1060. The van der Waals surface area contributed by atoms with Crippen LogP contribution in [0.4, 0.5) is 11.4 Å². The van der Waals surface area contributed by atoms with E-state index in [1.807, 2.05) is 16.3 Å². The van der Waals surface area contributed by atoms with Crippen LogP contribution in [0.15, 0.2) is 40.6 Å². The normalized spacial score (nSPS) is 18.3. The van der Waals surface area contributed by atoms with Crippen LogP contribution in [0, 0.1) is 10.1 Å². The Balaban J connectivity index is 1.53. The summed E-state index contributed by atoms with van der Waals surface area (Å²) < 4.78 is 27.9. The summed E-state index contributed by atoms with van der Waals surface area (Å²) in [5.74, 6) is -0.0962. The number of piperidine rings is 1. The van der Waals surface area contributed by atoms with E-state index in [-0.39, 0.29) is 22.5 Å². The smallest absolute Gasteiger partial charge is 0.270 e. The first-order chi connectivity index (χ1) is 14.9. The number of nitrogens with zero attached hydrogens (tertiary/aromatic N) is 3. The van der Waals surface area contributed by atoms with Crippen molar-refractivity contribution in [1.29, 1.82) is 0 Å². The van der Waals surface area contributed by atoms with Gasteiger partial charge in [0, 0.05) is 44.4 Å².